The number of nitrogens with two attached hydrogens (primary N) is 2. The monoisotopic (exact) mass is 192 g/mol. The highest BCUT2D eigenvalue weighted by atomic mass is 19.1. The molecule has 2 rings (SSSR count). The van der Waals surface area contributed by atoms with Crippen LogP contribution in [0.15, 0.2) is 30.3 Å². The van der Waals surface area contributed by atoms with Crippen molar-refractivity contribution < 1.29 is 4.39 Å². The Labute approximate surface area is 79.9 Å². The third kappa shape index (κ3) is 1.39. The normalized spacial score (nSPS) is 10.4. The zero-order valence-electron chi connectivity index (χ0n) is 7.31. The van der Waals surface area contributed by atoms with Crippen LogP contribution in [0.1, 0.15) is 0 Å². The van der Waals surface area contributed by atoms with Crippen LogP contribution < -0.4 is 11.5 Å². The Bertz CT molecular complexity index is 446. The topological polar surface area (TPSA) is 69.9 Å². The number of nitrogen functional groups attached to an aromatic ring is 2. The van der Waals surface area contributed by atoms with Gasteiger partial charge < -0.3 is 11.5 Å². The summed E-state index contributed by atoms with van der Waals surface area (Å²) in [4.78, 5) is 0. The van der Waals surface area contributed by atoms with Crippen molar-refractivity contribution in [3.8, 4) is 5.69 Å². The summed E-state index contributed by atoms with van der Waals surface area (Å²) in [5.74, 6) is 0.466. The fourth-order valence-electron chi connectivity index (χ4n) is 1.20. The van der Waals surface area contributed by atoms with Gasteiger partial charge in [0.05, 0.1) is 5.69 Å². The molecule has 1 heterocycles. The summed E-state index contributed by atoms with van der Waals surface area (Å²) in [6, 6.07) is 7.39. The molecule has 0 amide bonds. The van der Waals surface area contributed by atoms with E-state index in [0.717, 1.165) is 0 Å². The summed E-state index contributed by atoms with van der Waals surface area (Å²) in [5.41, 5.74) is 11.8. The molecule has 72 valence electrons. The van der Waals surface area contributed by atoms with Gasteiger partial charge in [0, 0.05) is 6.07 Å². The van der Waals surface area contributed by atoms with Gasteiger partial charge in [0.1, 0.15) is 17.5 Å². The van der Waals surface area contributed by atoms with E-state index in [9.17, 15) is 4.39 Å². The zero-order chi connectivity index (χ0) is 10.1. The molecule has 0 radical (unpaired) electrons. The Morgan fingerprint density at radius 3 is 2.29 bits per heavy atom. The van der Waals surface area contributed by atoms with Crippen molar-refractivity contribution >= 4 is 11.6 Å². The Morgan fingerprint density at radius 2 is 1.79 bits per heavy atom. The van der Waals surface area contributed by atoms with Gasteiger partial charge in [-0.3, -0.25) is 0 Å². The SMILES string of the molecule is Nc1cc(N)n(-c2ccc(F)cc2)n1. The van der Waals surface area contributed by atoms with Crippen LogP contribution in [0.4, 0.5) is 16.0 Å². The first-order chi connectivity index (χ1) is 6.66. The molecular weight excluding hydrogens is 183 g/mol. The van der Waals surface area contributed by atoms with E-state index in [1.165, 1.54) is 16.8 Å². The molecule has 0 atom stereocenters. The van der Waals surface area contributed by atoms with Crippen LogP contribution in [-0.2, 0) is 0 Å². The highest BCUT2D eigenvalue weighted by Gasteiger charge is 2.03. The second-order valence-electron chi connectivity index (χ2n) is 2.88. The number of anilines is 2. The summed E-state index contributed by atoms with van der Waals surface area (Å²) in [6.07, 6.45) is 0. The Balaban J connectivity index is 2.49. The van der Waals surface area contributed by atoms with E-state index in [2.05, 4.69) is 5.10 Å². The predicted octanol–water partition coefficient (Wildman–Crippen LogP) is 1.18. The number of benzene rings is 1. The quantitative estimate of drug-likeness (QED) is 0.712. The van der Waals surface area contributed by atoms with Gasteiger partial charge in [-0.2, -0.15) is 0 Å². The third-order valence-electron chi connectivity index (χ3n) is 1.83. The summed E-state index contributed by atoms with van der Waals surface area (Å²) in [6.45, 7) is 0. The van der Waals surface area contributed by atoms with Crippen LogP contribution in [0.25, 0.3) is 5.69 Å². The summed E-state index contributed by atoms with van der Waals surface area (Å²) in [7, 11) is 0. The molecule has 0 spiro atoms. The van der Waals surface area contributed by atoms with Crippen molar-refractivity contribution in [3.05, 3.63) is 36.1 Å². The van der Waals surface area contributed by atoms with Gasteiger partial charge in [-0.05, 0) is 24.3 Å². The highest BCUT2D eigenvalue weighted by Crippen LogP contribution is 2.15. The van der Waals surface area contributed by atoms with Crippen LogP contribution in [0.2, 0.25) is 0 Å². The largest absolute Gasteiger partial charge is 0.384 e. The second kappa shape index (κ2) is 3.02. The molecule has 0 fully saturated rings. The Kier molecular flexibility index (Phi) is 1.85. The third-order valence-corrected chi connectivity index (χ3v) is 1.83. The van der Waals surface area contributed by atoms with E-state index in [4.69, 9.17) is 11.5 Å². The summed E-state index contributed by atoms with van der Waals surface area (Å²) < 4.78 is 14.1. The highest BCUT2D eigenvalue weighted by molar-refractivity contribution is 5.48. The molecule has 14 heavy (non-hydrogen) atoms. The van der Waals surface area contributed by atoms with Crippen molar-refractivity contribution in [2.24, 2.45) is 0 Å². The molecule has 0 aliphatic rings. The van der Waals surface area contributed by atoms with Gasteiger partial charge in [0.2, 0.25) is 0 Å². The second-order valence-corrected chi connectivity index (χ2v) is 2.88. The molecule has 0 aliphatic heterocycles. The maximum atomic E-state index is 12.6. The van der Waals surface area contributed by atoms with Gasteiger partial charge in [0.25, 0.3) is 0 Å². The van der Waals surface area contributed by atoms with Crippen LogP contribution in [0, 0.1) is 5.82 Å². The first-order valence-electron chi connectivity index (χ1n) is 4.04. The zero-order valence-corrected chi connectivity index (χ0v) is 7.31. The molecule has 0 saturated carbocycles. The maximum Gasteiger partial charge on any atom is 0.148 e. The van der Waals surface area contributed by atoms with E-state index in [1.54, 1.807) is 18.2 Å². The Morgan fingerprint density at radius 1 is 1.14 bits per heavy atom. The van der Waals surface area contributed by atoms with Gasteiger partial charge >= 0.3 is 0 Å². The number of halogens is 1. The number of hydrogen-bond donors (Lipinski definition) is 2. The van der Waals surface area contributed by atoms with Crippen molar-refractivity contribution in [1.29, 1.82) is 0 Å². The molecule has 4 N–H and O–H groups in total. The minimum absolute atomic E-state index is 0.299. The Hall–Kier alpha value is -2.04. The average Bonchev–Trinajstić information content (AvgIpc) is 2.47. The molecule has 0 saturated heterocycles. The number of aromatic nitrogens is 2. The van der Waals surface area contributed by atoms with Gasteiger partial charge in [-0.1, -0.05) is 0 Å². The smallest absolute Gasteiger partial charge is 0.148 e. The molecule has 2 aromatic rings. The van der Waals surface area contributed by atoms with Crippen LogP contribution >= 0.6 is 0 Å². The van der Waals surface area contributed by atoms with E-state index in [-0.39, 0.29) is 5.82 Å². The fourth-order valence-corrected chi connectivity index (χ4v) is 1.20. The van der Waals surface area contributed by atoms with Crippen LogP contribution in [0.5, 0.6) is 0 Å². The molecule has 0 aliphatic carbocycles. The molecular formula is C9H9FN4. The van der Waals surface area contributed by atoms with Crippen LogP contribution in [-0.4, -0.2) is 9.78 Å². The predicted molar refractivity (Wildman–Crippen MR) is 52.3 cm³/mol. The van der Waals surface area contributed by atoms with Gasteiger partial charge in [0.15, 0.2) is 0 Å². The lowest BCUT2D eigenvalue weighted by Gasteiger charge is -2.02. The summed E-state index contributed by atoms with van der Waals surface area (Å²) in [5, 5.41) is 3.96. The standard InChI is InChI=1S/C9H9FN4/c10-6-1-3-7(4-2-6)14-9(12)5-8(11)13-14/h1-5H,12H2,(H2,11,13). The van der Waals surface area contributed by atoms with E-state index >= 15 is 0 Å². The number of hydrogen-bond acceptors (Lipinski definition) is 3. The molecule has 4 nitrogen and oxygen atoms in total. The van der Waals surface area contributed by atoms with E-state index in [1.807, 2.05) is 0 Å². The fraction of sp³-hybridized carbons (Fsp3) is 0. The molecule has 0 unspecified atom stereocenters. The number of rotatable bonds is 1. The van der Waals surface area contributed by atoms with Crippen molar-refractivity contribution in [2.75, 3.05) is 11.5 Å². The lowest BCUT2D eigenvalue weighted by molar-refractivity contribution is 0.627. The average molecular weight is 192 g/mol. The maximum absolute atomic E-state index is 12.6. The summed E-state index contributed by atoms with van der Waals surface area (Å²) >= 11 is 0. The first kappa shape index (κ1) is 8.55. The van der Waals surface area contributed by atoms with Crippen LogP contribution in [0.3, 0.4) is 0 Å². The van der Waals surface area contributed by atoms with E-state index in [0.29, 0.717) is 17.3 Å². The first-order valence-corrected chi connectivity index (χ1v) is 4.04. The lowest BCUT2D eigenvalue weighted by atomic mass is 10.3. The van der Waals surface area contributed by atoms with Gasteiger partial charge in [-0.25, -0.2) is 9.07 Å². The molecule has 0 bridgehead atoms. The minimum atomic E-state index is -0.299. The van der Waals surface area contributed by atoms with Crippen molar-refractivity contribution in [3.63, 3.8) is 0 Å². The lowest BCUT2D eigenvalue weighted by Crippen LogP contribution is -2.01. The van der Waals surface area contributed by atoms with Crippen molar-refractivity contribution in [1.82, 2.24) is 9.78 Å². The minimum Gasteiger partial charge on any atom is -0.384 e. The van der Waals surface area contributed by atoms with E-state index < -0.39 is 0 Å². The van der Waals surface area contributed by atoms with Gasteiger partial charge in [-0.15, -0.1) is 5.10 Å². The molecule has 1 aromatic carbocycles. The number of nitrogens with zero attached hydrogens (tertiary/aromatic N) is 2. The molecule has 1 aromatic heterocycles. The van der Waals surface area contributed by atoms with Crippen molar-refractivity contribution in [2.45, 2.75) is 0 Å². The molecule has 5 heteroatoms.